The number of hydrogen-bond donors (Lipinski definition) is 0. The zero-order valence-electron chi connectivity index (χ0n) is 18.1. The summed E-state index contributed by atoms with van der Waals surface area (Å²) in [5, 5.41) is -0.0163. The number of hydrogen-bond acceptors (Lipinski definition) is 4. The van der Waals surface area contributed by atoms with Gasteiger partial charge < -0.3 is 9.47 Å². The number of amides is 1. The van der Waals surface area contributed by atoms with E-state index in [1.54, 1.807) is 48.5 Å². The number of nitrogens with zero attached hydrogens (tertiary/aromatic N) is 2. The molecule has 3 aromatic carbocycles. The minimum Gasteiger partial charge on any atom is -0.493 e. The van der Waals surface area contributed by atoms with Crippen LogP contribution < -0.4 is 14.4 Å². The highest BCUT2D eigenvalue weighted by atomic mass is 35.5. The Hall–Kier alpha value is -3.78. The van der Waals surface area contributed by atoms with Gasteiger partial charge in [-0.25, -0.2) is 4.99 Å². The van der Waals surface area contributed by atoms with E-state index in [0.717, 1.165) is 23.1 Å². The normalized spacial score (nSPS) is 15.0. The standard InChI is InChI=1S/C25H18ClF3N2O3/c1-33-21-11-8-15(13-22(21)34-2)12-19-24(32)31(23(30-19)16-6-4-3-5-7-16)20-14-17(25(27,28)29)9-10-18(20)26/h3-14H,1-2H3/b19-12-. The van der Waals surface area contributed by atoms with Crippen molar-refractivity contribution < 1.29 is 27.4 Å². The minimum atomic E-state index is -4.61. The summed E-state index contributed by atoms with van der Waals surface area (Å²) >= 11 is 6.26. The average Bonchev–Trinajstić information content (AvgIpc) is 3.14. The third kappa shape index (κ3) is 4.49. The fourth-order valence-electron chi connectivity index (χ4n) is 3.48. The summed E-state index contributed by atoms with van der Waals surface area (Å²) in [7, 11) is 2.99. The van der Waals surface area contributed by atoms with E-state index in [0.29, 0.717) is 22.6 Å². The molecule has 1 heterocycles. The molecule has 3 aromatic rings. The van der Waals surface area contributed by atoms with Crippen LogP contribution >= 0.6 is 11.6 Å². The van der Waals surface area contributed by atoms with Gasteiger partial charge in [-0.15, -0.1) is 0 Å². The summed E-state index contributed by atoms with van der Waals surface area (Å²) in [5.74, 6) is 0.508. The maximum Gasteiger partial charge on any atom is 0.416 e. The Morgan fingerprint density at radius 2 is 1.65 bits per heavy atom. The van der Waals surface area contributed by atoms with E-state index in [1.165, 1.54) is 20.3 Å². The highest BCUT2D eigenvalue weighted by molar-refractivity contribution is 6.39. The van der Waals surface area contributed by atoms with Gasteiger partial charge in [0.25, 0.3) is 5.91 Å². The lowest BCUT2D eigenvalue weighted by Gasteiger charge is -2.21. The SMILES string of the molecule is COc1ccc(/C=C2\N=C(c3ccccc3)N(c3cc(C(F)(F)F)ccc3Cl)C2=O)cc1OC. The summed E-state index contributed by atoms with van der Waals surface area (Å²) < 4.78 is 50.7. The molecule has 0 N–H and O–H groups in total. The molecule has 0 radical (unpaired) electrons. The quantitative estimate of drug-likeness (QED) is 0.403. The molecule has 9 heteroatoms. The highest BCUT2D eigenvalue weighted by Gasteiger charge is 2.37. The van der Waals surface area contributed by atoms with Crippen molar-refractivity contribution in [3.8, 4) is 11.5 Å². The van der Waals surface area contributed by atoms with Crippen LogP contribution in [-0.2, 0) is 11.0 Å². The van der Waals surface area contributed by atoms with Crippen LogP contribution in [0, 0.1) is 0 Å². The van der Waals surface area contributed by atoms with Gasteiger partial charge in [0, 0.05) is 5.56 Å². The van der Waals surface area contributed by atoms with Crippen molar-refractivity contribution in [1.82, 2.24) is 0 Å². The predicted octanol–water partition coefficient (Wildman–Crippen LogP) is 6.21. The lowest BCUT2D eigenvalue weighted by Crippen LogP contribution is -2.33. The molecule has 0 aliphatic carbocycles. The number of anilines is 1. The van der Waals surface area contributed by atoms with Crippen molar-refractivity contribution in [1.29, 1.82) is 0 Å². The first-order valence-electron chi connectivity index (χ1n) is 10.0. The van der Waals surface area contributed by atoms with Crippen LogP contribution in [0.1, 0.15) is 16.7 Å². The lowest BCUT2D eigenvalue weighted by molar-refractivity contribution is -0.137. The molecule has 0 atom stereocenters. The van der Waals surface area contributed by atoms with Gasteiger partial charge in [-0.2, -0.15) is 13.2 Å². The van der Waals surface area contributed by atoms with Crippen LogP contribution in [-0.4, -0.2) is 26.0 Å². The van der Waals surface area contributed by atoms with Gasteiger partial charge in [0.2, 0.25) is 0 Å². The maximum absolute atomic E-state index is 13.4. The monoisotopic (exact) mass is 486 g/mol. The third-order valence-electron chi connectivity index (χ3n) is 5.12. The van der Waals surface area contributed by atoms with Gasteiger partial charge >= 0.3 is 6.18 Å². The number of amidine groups is 1. The Morgan fingerprint density at radius 3 is 2.29 bits per heavy atom. The molecule has 5 nitrogen and oxygen atoms in total. The van der Waals surface area contributed by atoms with E-state index >= 15 is 0 Å². The number of rotatable bonds is 5. The first-order chi connectivity index (χ1) is 16.2. The van der Waals surface area contributed by atoms with Crippen LogP contribution in [0.25, 0.3) is 6.08 Å². The number of carbonyl (C=O) groups excluding carboxylic acids is 1. The second kappa shape index (κ2) is 9.23. The van der Waals surface area contributed by atoms with E-state index < -0.39 is 17.6 Å². The first kappa shape index (κ1) is 23.4. The van der Waals surface area contributed by atoms with Crippen molar-refractivity contribution in [2.24, 2.45) is 4.99 Å². The van der Waals surface area contributed by atoms with Crippen molar-refractivity contribution in [3.05, 3.63) is 94.1 Å². The molecule has 0 fully saturated rings. The number of benzene rings is 3. The second-order valence-corrected chi connectivity index (χ2v) is 7.66. The second-order valence-electron chi connectivity index (χ2n) is 7.25. The summed E-state index contributed by atoms with van der Waals surface area (Å²) in [5.41, 5.74) is 0.123. The van der Waals surface area contributed by atoms with E-state index in [2.05, 4.69) is 4.99 Å². The molecule has 1 aliphatic rings. The smallest absolute Gasteiger partial charge is 0.416 e. The van der Waals surface area contributed by atoms with Crippen molar-refractivity contribution in [3.63, 3.8) is 0 Å². The van der Waals surface area contributed by atoms with E-state index in [1.807, 2.05) is 0 Å². The fraction of sp³-hybridized carbons (Fsp3) is 0.120. The Labute approximate surface area is 198 Å². The molecule has 4 rings (SSSR count). The number of aliphatic imine (C=N–C) groups is 1. The summed E-state index contributed by atoms with van der Waals surface area (Å²) in [4.78, 5) is 19.0. The van der Waals surface area contributed by atoms with Gasteiger partial charge in [0.05, 0.1) is 30.5 Å². The first-order valence-corrected chi connectivity index (χ1v) is 10.4. The van der Waals surface area contributed by atoms with Crippen LogP contribution in [0.4, 0.5) is 18.9 Å². The van der Waals surface area contributed by atoms with Crippen LogP contribution in [0.15, 0.2) is 77.4 Å². The van der Waals surface area contributed by atoms with Crippen LogP contribution in [0.3, 0.4) is 0 Å². The van der Waals surface area contributed by atoms with Crippen molar-refractivity contribution >= 4 is 35.1 Å². The molecule has 0 aromatic heterocycles. The van der Waals surface area contributed by atoms with Crippen molar-refractivity contribution in [2.75, 3.05) is 19.1 Å². The van der Waals surface area contributed by atoms with Crippen LogP contribution in [0.2, 0.25) is 5.02 Å². The van der Waals surface area contributed by atoms with E-state index in [9.17, 15) is 18.0 Å². The number of carbonyl (C=O) groups is 1. The summed E-state index contributed by atoms with van der Waals surface area (Å²) in [6.45, 7) is 0. The van der Waals surface area contributed by atoms with E-state index in [-0.39, 0.29) is 22.2 Å². The maximum atomic E-state index is 13.4. The predicted molar refractivity (Wildman–Crippen MR) is 124 cm³/mol. The van der Waals surface area contributed by atoms with Gasteiger partial charge in [-0.05, 0) is 42.0 Å². The molecule has 0 saturated heterocycles. The molecule has 1 aliphatic heterocycles. The third-order valence-corrected chi connectivity index (χ3v) is 5.44. The molecule has 1 amide bonds. The summed E-state index contributed by atoms with van der Waals surface area (Å²) in [6.07, 6.45) is -3.08. The Bertz CT molecular complexity index is 1300. The van der Waals surface area contributed by atoms with Crippen LogP contribution in [0.5, 0.6) is 11.5 Å². The van der Waals surface area contributed by atoms with Gasteiger partial charge in [0.15, 0.2) is 11.5 Å². The highest BCUT2D eigenvalue weighted by Crippen LogP contribution is 2.38. The topological polar surface area (TPSA) is 51.1 Å². The van der Waals surface area contributed by atoms with Gasteiger partial charge in [-0.3, -0.25) is 9.69 Å². The molecule has 174 valence electrons. The Morgan fingerprint density at radius 1 is 0.941 bits per heavy atom. The number of halogens is 4. The number of alkyl halides is 3. The fourth-order valence-corrected chi connectivity index (χ4v) is 3.68. The largest absolute Gasteiger partial charge is 0.493 e. The van der Waals surface area contributed by atoms with Crippen molar-refractivity contribution in [2.45, 2.75) is 6.18 Å². The molecule has 0 spiro atoms. The Balaban J connectivity index is 1.85. The number of methoxy groups -OCH3 is 2. The van der Waals surface area contributed by atoms with Gasteiger partial charge in [-0.1, -0.05) is 48.0 Å². The zero-order chi connectivity index (χ0) is 24.5. The Kier molecular flexibility index (Phi) is 6.34. The minimum absolute atomic E-state index is 0.0163. The summed E-state index contributed by atoms with van der Waals surface area (Å²) in [6, 6.07) is 16.6. The molecular weight excluding hydrogens is 469 g/mol. The zero-order valence-corrected chi connectivity index (χ0v) is 18.8. The average molecular weight is 487 g/mol. The molecule has 0 unspecified atom stereocenters. The molecular formula is C25H18ClF3N2O3. The molecule has 0 bridgehead atoms. The molecule has 34 heavy (non-hydrogen) atoms. The van der Waals surface area contributed by atoms with Gasteiger partial charge in [0.1, 0.15) is 11.5 Å². The van der Waals surface area contributed by atoms with E-state index in [4.69, 9.17) is 21.1 Å². The number of ether oxygens (including phenoxy) is 2. The molecule has 0 saturated carbocycles. The lowest BCUT2D eigenvalue weighted by atomic mass is 10.1.